The molecule has 0 heterocycles. The summed E-state index contributed by atoms with van der Waals surface area (Å²) in [6.45, 7) is 3.50. The largest absolute Gasteiger partial charge is 0.497 e. The summed E-state index contributed by atoms with van der Waals surface area (Å²) in [5, 5.41) is 7.02. The van der Waals surface area contributed by atoms with E-state index in [2.05, 4.69) is 16.7 Å². The van der Waals surface area contributed by atoms with Crippen molar-refractivity contribution < 1.29 is 9.47 Å². The van der Waals surface area contributed by atoms with Crippen LogP contribution >= 0.6 is 12.2 Å². The lowest BCUT2D eigenvalue weighted by atomic mass is 10.1. The minimum absolute atomic E-state index is 0.623. The highest BCUT2D eigenvalue weighted by Crippen LogP contribution is 2.19. The quantitative estimate of drug-likeness (QED) is 0.559. The summed E-state index contributed by atoms with van der Waals surface area (Å²) in [5.74, 6) is 1.80. The molecule has 2 aromatic carbocycles. The molecule has 0 bridgehead atoms. The van der Waals surface area contributed by atoms with E-state index >= 15 is 0 Å². The molecule has 0 aromatic heterocycles. The highest BCUT2D eigenvalue weighted by Gasteiger charge is 2.03. The molecule has 0 spiro atoms. The van der Waals surface area contributed by atoms with Gasteiger partial charge in [-0.1, -0.05) is 18.2 Å². The van der Waals surface area contributed by atoms with E-state index in [-0.39, 0.29) is 0 Å². The maximum absolute atomic E-state index is 5.64. The molecule has 0 radical (unpaired) electrons. The van der Waals surface area contributed by atoms with Gasteiger partial charge in [0.2, 0.25) is 0 Å². The molecule has 0 unspecified atom stereocenters. The van der Waals surface area contributed by atoms with E-state index in [1.807, 2.05) is 49.4 Å². The zero-order valence-corrected chi connectivity index (χ0v) is 15.0. The van der Waals surface area contributed by atoms with Crippen molar-refractivity contribution in [1.82, 2.24) is 5.32 Å². The number of anilines is 1. The summed E-state index contributed by atoms with van der Waals surface area (Å²) in [7, 11) is 1.65. The number of benzene rings is 2. The highest BCUT2D eigenvalue weighted by molar-refractivity contribution is 7.80. The van der Waals surface area contributed by atoms with Gasteiger partial charge in [-0.25, -0.2) is 0 Å². The van der Waals surface area contributed by atoms with Crippen LogP contribution in [0.3, 0.4) is 0 Å². The summed E-state index contributed by atoms with van der Waals surface area (Å²) in [6.07, 6.45) is 1.93. The highest BCUT2D eigenvalue weighted by atomic mass is 32.1. The van der Waals surface area contributed by atoms with Crippen molar-refractivity contribution in [3.8, 4) is 11.5 Å². The number of rotatable bonds is 8. The Kier molecular flexibility index (Phi) is 7.36. The number of ether oxygens (including phenoxy) is 2. The first-order valence-corrected chi connectivity index (χ1v) is 8.53. The van der Waals surface area contributed by atoms with Gasteiger partial charge in [-0.3, -0.25) is 0 Å². The minimum Gasteiger partial charge on any atom is -0.497 e. The van der Waals surface area contributed by atoms with E-state index < -0.39 is 0 Å². The minimum atomic E-state index is 0.623. The fourth-order valence-corrected chi connectivity index (χ4v) is 2.56. The Bertz CT molecular complexity index is 644. The number of hydrogen-bond donors (Lipinski definition) is 2. The summed E-state index contributed by atoms with van der Waals surface area (Å²) in [5.41, 5.74) is 2.17. The second-order valence-electron chi connectivity index (χ2n) is 5.25. The van der Waals surface area contributed by atoms with Crippen molar-refractivity contribution in [2.75, 3.05) is 25.6 Å². The third kappa shape index (κ3) is 5.74. The molecule has 0 aliphatic heterocycles. The second kappa shape index (κ2) is 9.78. The molecule has 2 rings (SSSR count). The third-order valence-electron chi connectivity index (χ3n) is 3.53. The fraction of sp³-hybridized carbons (Fsp3) is 0.316. The Hall–Kier alpha value is -2.27. The average Bonchev–Trinajstić information content (AvgIpc) is 2.61. The van der Waals surface area contributed by atoms with Crippen molar-refractivity contribution in [3.05, 3.63) is 54.1 Å². The summed E-state index contributed by atoms with van der Waals surface area (Å²) < 4.78 is 10.8. The fourth-order valence-electron chi connectivity index (χ4n) is 2.34. The van der Waals surface area contributed by atoms with Crippen LogP contribution in [0.25, 0.3) is 0 Å². The molecular weight excluding hydrogens is 320 g/mol. The average molecular weight is 344 g/mol. The Labute approximate surface area is 149 Å². The number of methoxy groups -OCH3 is 1. The molecule has 0 aliphatic carbocycles. The van der Waals surface area contributed by atoms with Crippen LogP contribution in [0, 0.1) is 0 Å². The van der Waals surface area contributed by atoms with Gasteiger partial charge in [0.25, 0.3) is 0 Å². The number of para-hydroxylation sites is 1. The zero-order chi connectivity index (χ0) is 17.2. The van der Waals surface area contributed by atoms with Crippen LogP contribution in [0.15, 0.2) is 48.5 Å². The number of hydrogen-bond acceptors (Lipinski definition) is 3. The van der Waals surface area contributed by atoms with E-state index in [0.717, 1.165) is 36.6 Å². The SMILES string of the molecule is CCOc1ccccc1CCCNC(=S)Nc1ccc(OC)cc1. The van der Waals surface area contributed by atoms with Gasteiger partial charge in [0.05, 0.1) is 13.7 Å². The van der Waals surface area contributed by atoms with Gasteiger partial charge in [-0.2, -0.15) is 0 Å². The monoisotopic (exact) mass is 344 g/mol. The number of aryl methyl sites for hydroxylation is 1. The maximum atomic E-state index is 5.64. The van der Waals surface area contributed by atoms with Crippen molar-refractivity contribution in [1.29, 1.82) is 0 Å². The van der Waals surface area contributed by atoms with Gasteiger partial charge in [0, 0.05) is 12.2 Å². The topological polar surface area (TPSA) is 42.5 Å². The molecule has 0 amide bonds. The molecule has 0 saturated heterocycles. The molecule has 0 aliphatic rings. The number of thiocarbonyl (C=S) groups is 1. The van der Waals surface area contributed by atoms with Gasteiger partial charge < -0.3 is 20.1 Å². The Morgan fingerprint density at radius 3 is 2.54 bits per heavy atom. The summed E-state index contributed by atoms with van der Waals surface area (Å²) in [4.78, 5) is 0. The van der Waals surface area contributed by atoms with Crippen molar-refractivity contribution >= 4 is 23.0 Å². The Morgan fingerprint density at radius 1 is 1.08 bits per heavy atom. The first kappa shape index (κ1) is 18.1. The normalized spacial score (nSPS) is 10.1. The first-order chi connectivity index (χ1) is 11.7. The van der Waals surface area contributed by atoms with Crippen molar-refractivity contribution in [3.63, 3.8) is 0 Å². The van der Waals surface area contributed by atoms with E-state index in [0.29, 0.717) is 11.7 Å². The Morgan fingerprint density at radius 2 is 1.83 bits per heavy atom. The molecule has 4 nitrogen and oxygen atoms in total. The van der Waals surface area contributed by atoms with Crippen LogP contribution in [-0.4, -0.2) is 25.4 Å². The molecule has 0 atom stereocenters. The van der Waals surface area contributed by atoms with Gasteiger partial charge in [-0.05, 0) is 67.9 Å². The van der Waals surface area contributed by atoms with Crippen LogP contribution in [0.5, 0.6) is 11.5 Å². The maximum Gasteiger partial charge on any atom is 0.170 e. The molecular formula is C19H24N2O2S. The van der Waals surface area contributed by atoms with Crippen LogP contribution < -0.4 is 20.1 Å². The molecule has 2 N–H and O–H groups in total. The molecule has 0 saturated carbocycles. The zero-order valence-electron chi connectivity index (χ0n) is 14.2. The molecule has 0 fully saturated rings. The van der Waals surface area contributed by atoms with Crippen LogP contribution in [0.1, 0.15) is 18.9 Å². The second-order valence-corrected chi connectivity index (χ2v) is 5.66. The predicted octanol–water partition coefficient (Wildman–Crippen LogP) is 4.01. The van der Waals surface area contributed by atoms with E-state index in [1.165, 1.54) is 5.56 Å². The lowest BCUT2D eigenvalue weighted by molar-refractivity contribution is 0.336. The lowest BCUT2D eigenvalue weighted by Gasteiger charge is -2.12. The standard InChI is InChI=1S/C19H24N2O2S/c1-3-23-18-9-5-4-7-15(18)8-6-14-20-19(24)21-16-10-12-17(22-2)13-11-16/h4-5,7,9-13H,3,6,8,14H2,1-2H3,(H2,20,21,24). The van der Waals surface area contributed by atoms with E-state index in [4.69, 9.17) is 21.7 Å². The van der Waals surface area contributed by atoms with E-state index in [1.54, 1.807) is 7.11 Å². The van der Waals surface area contributed by atoms with Gasteiger partial charge >= 0.3 is 0 Å². The van der Waals surface area contributed by atoms with Crippen LogP contribution in [-0.2, 0) is 6.42 Å². The van der Waals surface area contributed by atoms with Gasteiger partial charge in [0.15, 0.2) is 5.11 Å². The summed E-state index contributed by atoms with van der Waals surface area (Å²) in [6, 6.07) is 15.8. The first-order valence-electron chi connectivity index (χ1n) is 8.12. The molecule has 5 heteroatoms. The molecule has 2 aromatic rings. The molecule has 128 valence electrons. The van der Waals surface area contributed by atoms with Gasteiger partial charge in [-0.15, -0.1) is 0 Å². The molecule has 24 heavy (non-hydrogen) atoms. The number of nitrogens with one attached hydrogen (secondary N) is 2. The Balaban J connectivity index is 1.72. The predicted molar refractivity (Wildman–Crippen MR) is 103 cm³/mol. The van der Waals surface area contributed by atoms with E-state index in [9.17, 15) is 0 Å². The van der Waals surface area contributed by atoms with Gasteiger partial charge in [0.1, 0.15) is 11.5 Å². The third-order valence-corrected chi connectivity index (χ3v) is 3.78. The lowest BCUT2D eigenvalue weighted by Crippen LogP contribution is -2.29. The van der Waals surface area contributed by atoms with Crippen molar-refractivity contribution in [2.24, 2.45) is 0 Å². The van der Waals surface area contributed by atoms with Crippen molar-refractivity contribution in [2.45, 2.75) is 19.8 Å². The van der Waals surface area contributed by atoms with Crippen LogP contribution in [0.4, 0.5) is 5.69 Å². The summed E-state index contributed by atoms with van der Waals surface area (Å²) >= 11 is 5.32. The van der Waals surface area contributed by atoms with Crippen LogP contribution in [0.2, 0.25) is 0 Å². The smallest absolute Gasteiger partial charge is 0.170 e.